The van der Waals surface area contributed by atoms with Gasteiger partial charge < -0.3 is 10.2 Å². The van der Waals surface area contributed by atoms with E-state index in [4.69, 9.17) is 11.6 Å². The fourth-order valence-electron chi connectivity index (χ4n) is 2.79. The van der Waals surface area contributed by atoms with Gasteiger partial charge in [-0.1, -0.05) is 67.9 Å². The molecule has 0 bridgehead atoms. The molecule has 0 radical (unpaired) electrons. The van der Waals surface area contributed by atoms with E-state index in [1.165, 1.54) is 22.3 Å². The average Bonchev–Trinajstić information content (AvgIpc) is 2.65. The quantitative estimate of drug-likeness (QED) is 0.610. The monoisotopic (exact) mass is 356 g/mol. The average molecular weight is 357 g/mol. The second-order valence-corrected chi connectivity index (χ2v) is 6.64. The Kier molecular flexibility index (Phi) is 8.20. The second-order valence-electron chi connectivity index (χ2n) is 6.20. The molecule has 25 heavy (non-hydrogen) atoms. The summed E-state index contributed by atoms with van der Waals surface area (Å²) in [6, 6.07) is 16.7. The Labute approximate surface area is 157 Å². The SMILES string of the molecule is CCN(CC)CCNC/C=C(/C)c1ccc(-c2ccc(Cl)cc2)cc1. The lowest BCUT2D eigenvalue weighted by Gasteiger charge is -2.17. The lowest BCUT2D eigenvalue weighted by molar-refractivity contribution is 0.304. The molecule has 0 saturated carbocycles. The van der Waals surface area contributed by atoms with Gasteiger partial charge in [0.2, 0.25) is 0 Å². The largest absolute Gasteiger partial charge is 0.312 e. The molecule has 0 amide bonds. The first-order chi connectivity index (χ1) is 12.1. The molecular formula is C22H29ClN2. The van der Waals surface area contributed by atoms with Gasteiger partial charge in [0.15, 0.2) is 0 Å². The first-order valence-electron chi connectivity index (χ1n) is 9.10. The van der Waals surface area contributed by atoms with E-state index in [1.54, 1.807) is 0 Å². The number of allylic oxidation sites excluding steroid dienone is 1. The van der Waals surface area contributed by atoms with Crippen molar-refractivity contribution < 1.29 is 0 Å². The number of nitrogens with zero attached hydrogens (tertiary/aromatic N) is 1. The van der Waals surface area contributed by atoms with E-state index in [-0.39, 0.29) is 0 Å². The molecule has 2 aromatic rings. The summed E-state index contributed by atoms with van der Waals surface area (Å²) < 4.78 is 0. The molecule has 2 aromatic carbocycles. The van der Waals surface area contributed by atoms with E-state index in [2.05, 4.69) is 73.5 Å². The maximum absolute atomic E-state index is 5.95. The van der Waals surface area contributed by atoms with Crippen LogP contribution >= 0.6 is 11.6 Å². The van der Waals surface area contributed by atoms with Crippen molar-refractivity contribution in [1.82, 2.24) is 10.2 Å². The summed E-state index contributed by atoms with van der Waals surface area (Å²) in [4.78, 5) is 2.43. The van der Waals surface area contributed by atoms with Crippen LogP contribution in [0.5, 0.6) is 0 Å². The number of benzene rings is 2. The molecule has 0 aliphatic carbocycles. The summed E-state index contributed by atoms with van der Waals surface area (Å²) in [7, 11) is 0. The third kappa shape index (κ3) is 6.32. The molecule has 0 heterocycles. The van der Waals surface area contributed by atoms with Crippen molar-refractivity contribution in [3.05, 3.63) is 65.2 Å². The van der Waals surface area contributed by atoms with Gasteiger partial charge in [-0.15, -0.1) is 0 Å². The Hall–Kier alpha value is -1.61. The Morgan fingerprint density at radius 2 is 1.52 bits per heavy atom. The molecule has 0 aliphatic heterocycles. The summed E-state index contributed by atoms with van der Waals surface area (Å²) >= 11 is 5.95. The topological polar surface area (TPSA) is 15.3 Å². The third-order valence-corrected chi connectivity index (χ3v) is 4.82. The Balaban J connectivity index is 1.87. The van der Waals surface area contributed by atoms with Gasteiger partial charge in [-0.25, -0.2) is 0 Å². The van der Waals surface area contributed by atoms with Gasteiger partial charge in [0.1, 0.15) is 0 Å². The van der Waals surface area contributed by atoms with Gasteiger partial charge >= 0.3 is 0 Å². The maximum Gasteiger partial charge on any atom is 0.0406 e. The first kappa shape index (κ1) is 19.7. The van der Waals surface area contributed by atoms with Gasteiger partial charge in [-0.05, 0) is 54.4 Å². The highest BCUT2D eigenvalue weighted by Crippen LogP contribution is 2.23. The van der Waals surface area contributed by atoms with Crippen LogP contribution in [0.25, 0.3) is 16.7 Å². The summed E-state index contributed by atoms with van der Waals surface area (Å²) in [5.41, 5.74) is 4.97. The molecule has 134 valence electrons. The zero-order chi connectivity index (χ0) is 18.1. The van der Waals surface area contributed by atoms with Crippen LogP contribution < -0.4 is 5.32 Å². The summed E-state index contributed by atoms with van der Waals surface area (Å²) in [5.74, 6) is 0. The predicted octanol–water partition coefficient (Wildman–Crippen LogP) is 5.34. The fourth-order valence-corrected chi connectivity index (χ4v) is 2.92. The molecule has 1 N–H and O–H groups in total. The Morgan fingerprint density at radius 1 is 0.960 bits per heavy atom. The molecule has 0 unspecified atom stereocenters. The highest BCUT2D eigenvalue weighted by molar-refractivity contribution is 6.30. The van der Waals surface area contributed by atoms with Crippen LogP contribution in [-0.2, 0) is 0 Å². The highest BCUT2D eigenvalue weighted by atomic mass is 35.5. The smallest absolute Gasteiger partial charge is 0.0406 e. The van der Waals surface area contributed by atoms with Gasteiger partial charge in [-0.3, -0.25) is 0 Å². The van der Waals surface area contributed by atoms with Gasteiger partial charge in [0, 0.05) is 24.7 Å². The van der Waals surface area contributed by atoms with Crippen molar-refractivity contribution in [1.29, 1.82) is 0 Å². The fraction of sp³-hybridized carbons (Fsp3) is 0.364. The molecule has 2 nitrogen and oxygen atoms in total. The predicted molar refractivity (Wildman–Crippen MR) is 111 cm³/mol. The molecule has 0 saturated heterocycles. The van der Waals surface area contributed by atoms with Crippen molar-refractivity contribution in [3.8, 4) is 11.1 Å². The van der Waals surface area contributed by atoms with Crippen molar-refractivity contribution in [3.63, 3.8) is 0 Å². The summed E-state index contributed by atoms with van der Waals surface area (Å²) in [5, 5.41) is 4.27. The molecule has 0 fully saturated rings. The van der Waals surface area contributed by atoms with E-state index in [0.29, 0.717) is 0 Å². The van der Waals surface area contributed by atoms with E-state index in [1.807, 2.05) is 12.1 Å². The minimum absolute atomic E-state index is 0.771. The van der Waals surface area contributed by atoms with Gasteiger partial charge in [-0.2, -0.15) is 0 Å². The van der Waals surface area contributed by atoms with Gasteiger partial charge in [0.05, 0.1) is 0 Å². The minimum Gasteiger partial charge on any atom is -0.312 e. The van der Waals surface area contributed by atoms with Crippen LogP contribution in [0, 0.1) is 0 Å². The number of hydrogen-bond donors (Lipinski definition) is 1. The lowest BCUT2D eigenvalue weighted by atomic mass is 10.0. The molecule has 0 spiro atoms. The normalized spacial score (nSPS) is 12.0. The van der Waals surface area contributed by atoms with Crippen LogP contribution in [0.4, 0.5) is 0 Å². The highest BCUT2D eigenvalue weighted by Gasteiger charge is 2.00. The van der Waals surface area contributed by atoms with E-state index in [9.17, 15) is 0 Å². The lowest BCUT2D eigenvalue weighted by Crippen LogP contribution is -2.31. The van der Waals surface area contributed by atoms with E-state index >= 15 is 0 Å². The zero-order valence-electron chi connectivity index (χ0n) is 15.6. The van der Waals surface area contributed by atoms with Crippen LogP contribution in [0.15, 0.2) is 54.6 Å². The van der Waals surface area contributed by atoms with Crippen molar-refractivity contribution in [2.45, 2.75) is 20.8 Å². The number of halogens is 1. The molecule has 0 aliphatic rings. The number of rotatable bonds is 9. The van der Waals surface area contributed by atoms with Gasteiger partial charge in [0.25, 0.3) is 0 Å². The zero-order valence-corrected chi connectivity index (χ0v) is 16.3. The summed E-state index contributed by atoms with van der Waals surface area (Å²) in [6.07, 6.45) is 2.26. The second kappa shape index (κ2) is 10.4. The first-order valence-corrected chi connectivity index (χ1v) is 9.48. The van der Waals surface area contributed by atoms with E-state index in [0.717, 1.165) is 37.7 Å². The molecule has 0 aromatic heterocycles. The molecular weight excluding hydrogens is 328 g/mol. The number of likely N-dealkylation sites (N-methyl/N-ethyl adjacent to an activating group) is 1. The number of hydrogen-bond acceptors (Lipinski definition) is 2. The standard InChI is InChI=1S/C22H29ClN2/c1-4-25(5-2)17-16-24-15-14-18(3)19-6-8-20(9-7-19)21-10-12-22(23)13-11-21/h6-14,24H,4-5,15-17H2,1-3H3/b18-14-. The molecule has 3 heteroatoms. The maximum atomic E-state index is 5.95. The van der Waals surface area contributed by atoms with Crippen molar-refractivity contribution in [2.75, 3.05) is 32.7 Å². The summed E-state index contributed by atoms with van der Waals surface area (Å²) in [6.45, 7) is 11.9. The van der Waals surface area contributed by atoms with Crippen LogP contribution in [-0.4, -0.2) is 37.6 Å². The van der Waals surface area contributed by atoms with Crippen molar-refractivity contribution >= 4 is 17.2 Å². The van der Waals surface area contributed by atoms with Crippen LogP contribution in [0.2, 0.25) is 5.02 Å². The minimum atomic E-state index is 0.771. The number of nitrogens with one attached hydrogen (secondary N) is 1. The Bertz CT molecular complexity index is 655. The molecule has 0 atom stereocenters. The molecule has 2 rings (SSSR count). The van der Waals surface area contributed by atoms with Crippen molar-refractivity contribution in [2.24, 2.45) is 0 Å². The van der Waals surface area contributed by atoms with E-state index < -0.39 is 0 Å². The third-order valence-electron chi connectivity index (χ3n) is 4.57. The van der Waals surface area contributed by atoms with Crippen LogP contribution in [0.3, 0.4) is 0 Å². The van der Waals surface area contributed by atoms with Crippen LogP contribution in [0.1, 0.15) is 26.3 Å². The Morgan fingerprint density at radius 3 is 2.08 bits per heavy atom.